The van der Waals surface area contributed by atoms with E-state index in [-0.39, 0.29) is 0 Å². The average Bonchev–Trinajstić information content (AvgIpc) is 2.73. The Labute approximate surface area is 137 Å². The molecular formula is C17H35N3S. The van der Waals surface area contributed by atoms with Crippen LogP contribution in [0, 0.1) is 5.41 Å². The van der Waals surface area contributed by atoms with Gasteiger partial charge in [-0.05, 0) is 38.1 Å². The van der Waals surface area contributed by atoms with Crippen molar-refractivity contribution in [2.24, 2.45) is 5.41 Å². The second-order valence-corrected chi connectivity index (χ2v) is 7.81. The van der Waals surface area contributed by atoms with Gasteiger partial charge in [0.2, 0.25) is 0 Å². The lowest BCUT2D eigenvalue weighted by Crippen LogP contribution is -2.51. The molecule has 0 N–H and O–H groups in total. The Morgan fingerprint density at radius 2 is 1.48 bits per heavy atom. The molecule has 0 bridgehead atoms. The Balaban J connectivity index is 1.76. The van der Waals surface area contributed by atoms with Gasteiger partial charge in [0.1, 0.15) is 0 Å². The molecule has 0 spiro atoms. The van der Waals surface area contributed by atoms with E-state index in [1.165, 1.54) is 84.3 Å². The van der Waals surface area contributed by atoms with Crippen molar-refractivity contribution in [3.63, 3.8) is 0 Å². The molecule has 1 saturated heterocycles. The van der Waals surface area contributed by atoms with E-state index in [0.717, 1.165) is 5.75 Å². The lowest BCUT2D eigenvalue weighted by molar-refractivity contribution is 0.0827. The van der Waals surface area contributed by atoms with E-state index in [1.807, 2.05) is 0 Å². The highest BCUT2D eigenvalue weighted by molar-refractivity contribution is 7.80. The van der Waals surface area contributed by atoms with Gasteiger partial charge in [-0.25, -0.2) is 0 Å². The molecule has 2 rings (SSSR count). The molecule has 0 aromatic carbocycles. The summed E-state index contributed by atoms with van der Waals surface area (Å²) in [5.41, 5.74) is 0.505. The zero-order valence-electron chi connectivity index (χ0n) is 14.2. The lowest BCUT2D eigenvalue weighted by atomic mass is 9.81. The second-order valence-electron chi connectivity index (χ2n) is 7.49. The Kier molecular flexibility index (Phi) is 7.33. The molecular weight excluding hydrogens is 278 g/mol. The van der Waals surface area contributed by atoms with Crippen molar-refractivity contribution in [3.05, 3.63) is 0 Å². The minimum atomic E-state index is 0.505. The molecule has 1 aliphatic carbocycles. The molecule has 124 valence electrons. The molecule has 1 saturated carbocycles. The maximum atomic E-state index is 4.73. The number of thiol groups is 1. The van der Waals surface area contributed by atoms with E-state index < -0.39 is 0 Å². The Morgan fingerprint density at radius 1 is 0.905 bits per heavy atom. The molecule has 2 aliphatic rings. The maximum absolute atomic E-state index is 4.73. The minimum Gasteiger partial charge on any atom is -0.308 e. The molecule has 0 atom stereocenters. The fourth-order valence-electron chi connectivity index (χ4n) is 3.83. The van der Waals surface area contributed by atoms with Gasteiger partial charge in [-0.2, -0.15) is 12.6 Å². The van der Waals surface area contributed by atoms with Gasteiger partial charge in [0.15, 0.2) is 0 Å². The van der Waals surface area contributed by atoms with Crippen LogP contribution in [0.25, 0.3) is 0 Å². The molecule has 1 aliphatic heterocycles. The molecule has 3 nitrogen and oxygen atoms in total. The predicted octanol–water partition coefficient (Wildman–Crippen LogP) is 2.44. The van der Waals surface area contributed by atoms with Crippen molar-refractivity contribution >= 4 is 12.6 Å². The highest BCUT2D eigenvalue weighted by Gasteiger charge is 2.32. The molecule has 21 heavy (non-hydrogen) atoms. The molecule has 0 aromatic heterocycles. The lowest BCUT2D eigenvalue weighted by Gasteiger charge is -2.41. The first-order valence-corrected chi connectivity index (χ1v) is 9.47. The summed E-state index contributed by atoms with van der Waals surface area (Å²) in [5, 5.41) is 0. The number of piperazine rings is 1. The van der Waals surface area contributed by atoms with Crippen LogP contribution in [0.4, 0.5) is 0 Å². The third kappa shape index (κ3) is 5.74. The number of hydrogen-bond acceptors (Lipinski definition) is 4. The van der Waals surface area contributed by atoms with E-state index >= 15 is 0 Å². The van der Waals surface area contributed by atoms with Crippen LogP contribution in [0.15, 0.2) is 0 Å². The molecule has 0 unspecified atom stereocenters. The number of nitrogens with zero attached hydrogens (tertiary/aromatic N) is 3. The van der Waals surface area contributed by atoms with Gasteiger partial charge in [0, 0.05) is 45.8 Å². The molecule has 0 radical (unpaired) electrons. The number of rotatable bonds is 6. The molecule has 4 heteroatoms. The van der Waals surface area contributed by atoms with E-state index in [4.69, 9.17) is 12.6 Å². The standard InChI is InChI=1S/C17H35N3S/c1-18(2)9-10-19-11-13-20(14-12-19)15-17(16-21)7-5-3-4-6-8-17/h21H,3-16H2,1-2H3. The fraction of sp³-hybridized carbons (Fsp3) is 1.00. The Morgan fingerprint density at radius 3 is 2.00 bits per heavy atom. The zero-order valence-corrected chi connectivity index (χ0v) is 15.1. The Hall–Kier alpha value is 0.230. The van der Waals surface area contributed by atoms with Crippen LogP contribution in [0.3, 0.4) is 0 Å². The van der Waals surface area contributed by atoms with Crippen LogP contribution in [0.5, 0.6) is 0 Å². The summed E-state index contributed by atoms with van der Waals surface area (Å²) in [6.45, 7) is 8.69. The van der Waals surface area contributed by atoms with E-state index in [2.05, 4.69) is 28.8 Å². The minimum absolute atomic E-state index is 0.505. The second kappa shape index (κ2) is 8.76. The normalized spacial score (nSPS) is 25.1. The van der Waals surface area contributed by atoms with Crippen molar-refractivity contribution in [2.45, 2.75) is 38.5 Å². The predicted molar refractivity (Wildman–Crippen MR) is 95.4 cm³/mol. The van der Waals surface area contributed by atoms with E-state index in [1.54, 1.807) is 0 Å². The van der Waals surface area contributed by atoms with Crippen molar-refractivity contribution in [1.29, 1.82) is 0 Å². The van der Waals surface area contributed by atoms with Crippen LogP contribution in [-0.4, -0.2) is 80.4 Å². The Bertz CT molecular complexity index is 280. The van der Waals surface area contributed by atoms with Crippen molar-refractivity contribution < 1.29 is 0 Å². The molecule has 0 amide bonds. The summed E-state index contributed by atoms with van der Waals surface area (Å²) in [7, 11) is 4.33. The summed E-state index contributed by atoms with van der Waals surface area (Å²) in [6, 6.07) is 0. The largest absolute Gasteiger partial charge is 0.308 e. The smallest absolute Gasteiger partial charge is 0.0110 e. The van der Waals surface area contributed by atoms with Crippen LogP contribution in [-0.2, 0) is 0 Å². The highest BCUT2D eigenvalue weighted by Crippen LogP contribution is 2.37. The topological polar surface area (TPSA) is 9.72 Å². The number of likely N-dealkylation sites (N-methyl/N-ethyl adjacent to an activating group) is 1. The van der Waals surface area contributed by atoms with Gasteiger partial charge in [0.05, 0.1) is 0 Å². The van der Waals surface area contributed by atoms with Crippen molar-refractivity contribution in [1.82, 2.24) is 14.7 Å². The van der Waals surface area contributed by atoms with Gasteiger partial charge >= 0.3 is 0 Å². The third-order valence-corrected chi connectivity index (χ3v) is 6.06. The molecule has 0 aromatic rings. The van der Waals surface area contributed by atoms with Gasteiger partial charge in [0.25, 0.3) is 0 Å². The van der Waals surface area contributed by atoms with E-state index in [0.29, 0.717) is 5.41 Å². The first kappa shape index (κ1) is 17.6. The zero-order chi connectivity index (χ0) is 15.1. The summed E-state index contributed by atoms with van der Waals surface area (Å²) in [6.07, 6.45) is 8.52. The molecule has 2 fully saturated rings. The van der Waals surface area contributed by atoms with Crippen LogP contribution < -0.4 is 0 Å². The van der Waals surface area contributed by atoms with Crippen LogP contribution in [0.2, 0.25) is 0 Å². The van der Waals surface area contributed by atoms with Gasteiger partial charge in [-0.1, -0.05) is 25.7 Å². The monoisotopic (exact) mass is 313 g/mol. The summed E-state index contributed by atoms with van der Waals surface area (Å²) in [4.78, 5) is 7.62. The van der Waals surface area contributed by atoms with Gasteiger partial charge in [-0.3, -0.25) is 4.90 Å². The highest BCUT2D eigenvalue weighted by atomic mass is 32.1. The number of hydrogen-bond donors (Lipinski definition) is 1. The van der Waals surface area contributed by atoms with Gasteiger partial charge < -0.3 is 9.80 Å². The quantitative estimate of drug-likeness (QED) is 0.596. The maximum Gasteiger partial charge on any atom is 0.0110 e. The third-order valence-electron chi connectivity index (χ3n) is 5.39. The van der Waals surface area contributed by atoms with Crippen LogP contribution in [0.1, 0.15) is 38.5 Å². The van der Waals surface area contributed by atoms with E-state index in [9.17, 15) is 0 Å². The SMILES string of the molecule is CN(C)CCN1CCN(CC2(CS)CCCCCC2)CC1. The molecule has 1 heterocycles. The summed E-state index contributed by atoms with van der Waals surface area (Å²) >= 11 is 4.73. The summed E-state index contributed by atoms with van der Waals surface area (Å²) < 4.78 is 0. The van der Waals surface area contributed by atoms with Gasteiger partial charge in [-0.15, -0.1) is 0 Å². The first-order valence-electron chi connectivity index (χ1n) is 8.84. The first-order chi connectivity index (χ1) is 10.1. The summed E-state index contributed by atoms with van der Waals surface area (Å²) in [5.74, 6) is 1.08. The average molecular weight is 314 g/mol. The fourth-order valence-corrected chi connectivity index (χ4v) is 4.25. The van der Waals surface area contributed by atoms with Crippen molar-refractivity contribution in [2.75, 3.05) is 65.7 Å². The van der Waals surface area contributed by atoms with Crippen LogP contribution >= 0.6 is 12.6 Å². The van der Waals surface area contributed by atoms with Crippen molar-refractivity contribution in [3.8, 4) is 0 Å².